The molecule has 14 heavy (non-hydrogen) atoms. The molecule has 0 atom stereocenters. The lowest BCUT2D eigenvalue weighted by Gasteiger charge is -2.38. The summed E-state index contributed by atoms with van der Waals surface area (Å²) in [7, 11) is 0. The molecule has 1 saturated heterocycles. The number of hydrogen-bond acceptors (Lipinski definition) is 2. The molecule has 0 radical (unpaired) electrons. The second-order valence-electron chi connectivity index (χ2n) is 5.97. The van der Waals surface area contributed by atoms with Crippen LogP contribution in [0.2, 0.25) is 0 Å². The fraction of sp³-hybridized carbons (Fsp3) is 1.00. The average Bonchev–Trinajstić information content (AvgIpc) is 2.75. The molecule has 1 spiro atoms. The van der Waals surface area contributed by atoms with Gasteiger partial charge < -0.3 is 4.90 Å². The Kier molecular flexibility index (Phi) is 2.14. The number of nitrogens with zero attached hydrogens (tertiary/aromatic N) is 1. The first kappa shape index (κ1) is 9.53. The predicted octanol–water partition coefficient (Wildman–Crippen LogP) is 2.57. The molecule has 1 aliphatic heterocycles. The van der Waals surface area contributed by atoms with Crippen molar-refractivity contribution in [3.05, 3.63) is 0 Å². The predicted molar refractivity (Wildman–Crippen MR) is 62.9 cm³/mol. The van der Waals surface area contributed by atoms with E-state index in [1.165, 1.54) is 58.2 Å². The highest BCUT2D eigenvalue weighted by Crippen LogP contribution is 2.51. The van der Waals surface area contributed by atoms with E-state index in [0.717, 1.165) is 11.2 Å². The third kappa shape index (κ3) is 1.51. The number of rotatable bonds is 3. The summed E-state index contributed by atoms with van der Waals surface area (Å²) < 4.78 is 0. The van der Waals surface area contributed by atoms with Crippen molar-refractivity contribution in [3.63, 3.8) is 0 Å². The van der Waals surface area contributed by atoms with Gasteiger partial charge in [-0.3, -0.25) is 0 Å². The largest absolute Gasteiger partial charge is 0.302 e. The van der Waals surface area contributed by atoms with Crippen LogP contribution in [0.4, 0.5) is 0 Å². The Morgan fingerprint density at radius 2 is 1.86 bits per heavy atom. The Labute approximate surface area is 92.7 Å². The minimum Gasteiger partial charge on any atom is -0.302 e. The van der Waals surface area contributed by atoms with Gasteiger partial charge in [0.1, 0.15) is 0 Å². The maximum atomic E-state index is 4.49. The first-order valence-electron chi connectivity index (χ1n) is 6.09. The summed E-state index contributed by atoms with van der Waals surface area (Å²) >= 11 is 4.49. The molecule has 0 aromatic heterocycles. The topological polar surface area (TPSA) is 3.24 Å². The lowest BCUT2D eigenvalue weighted by Crippen LogP contribution is -2.35. The van der Waals surface area contributed by atoms with Crippen LogP contribution in [-0.2, 0) is 0 Å². The summed E-state index contributed by atoms with van der Waals surface area (Å²) in [6.45, 7) is 4.12. The molecular formula is C12H21NS. The maximum Gasteiger partial charge on any atom is 0.00460 e. The summed E-state index contributed by atoms with van der Waals surface area (Å²) in [5.74, 6) is 1.11. The van der Waals surface area contributed by atoms with Crippen LogP contribution < -0.4 is 0 Å². The molecule has 1 nitrogen and oxygen atoms in total. The highest BCUT2D eigenvalue weighted by molar-refractivity contribution is 7.80. The van der Waals surface area contributed by atoms with E-state index in [1.807, 2.05) is 0 Å². The van der Waals surface area contributed by atoms with Crippen LogP contribution in [0.25, 0.3) is 0 Å². The minimum absolute atomic E-state index is 0.637. The van der Waals surface area contributed by atoms with Gasteiger partial charge in [0.15, 0.2) is 0 Å². The van der Waals surface area contributed by atoms with Crippen LogP contribution in [0.15, 0.2) is 0 Å². The summed E-state index contributed by atoms with van der Waals surface area (Å²) in [4.78, 5) is 2.72. The molecule has 2 heteroatoms. The lowest BCUT2D eigenvalue weighted by atomic mass is 9.68. The highest BCUT2D eigenvalue weighted by Gasteiger charge is 2.47. The van der Waals surface area contributed by atoms with E-state index in [4.69, 9.17) is 0 Å². The first-order valence-corrected chi connectivity index (χ1v) is 6.73. The Morgan fingerprint density at radius 1 is 1.07 bits per heavy atom. The molecule has 1 heterocycles. The lowest BCUT2D eigenvalue weighted by molar-refractivity contribution is 0.133. The third-order valence-electron chi connectivity index (χ3n) is 4.78. The molecule has 3 rings (SSSR count). The second-order valence-corrected chi connectivity index (χ2v) is 6.29. The van der Waals surface area contributed by atoms with Gasteiger partial charge in [-0.25, -0.2) is 0 Å². The summed E-state index contributed by atoms with van der Waals surface area (Å²) in [6, 6.07) is 0. The Hall–Kier alpha value is 0.310. The zero-order chi connectivity index (χ0) is 9.65. The van der Waals surface area contributed by atoms with E-state index in [2.05, 4.69) is 17.5 Å². The van der Waals surface area contributed by atoms with Crippen molar-refractivity contribution in [1.29, 1.82) is 0 Å². The zero-order valence-corrected chi connectivity index (χ0v) is 9.86. The molecule has 2 aliphatic carbocycles. The molecule has 80 valence electrons. The average molecular weight is 211 g/mol. The molecule has 0 amide bonds. The third-order valence-corrected chi connectivity index (χ3v) is 5.45. The SMILES string of the molecule is SCC1(CN2CCC3(CCC3)C2)CC1. The number of hydrogen-bond donors (Lipinski definition) is 1. The fourth-order valence-corrected chi connectivity index (χ4v) is 3.68. The Bertz CT molecular complexity index is 230. The Balaban J connectivity index is 1.55. The van der Waals surface area contributed by atoms with E-state index >= 15 is 0 Å². The summed E-state index contributed by atoms with van der Waals surface area (Å²) in [5.41, 5.74) is 1.42. The quantitative estimate of drug-likeness (QED) is 0.702. The van der Waals surface area contributed by atoms with Crippen molar-refractivity contribution in [3.8, 4) is 0 Å². The molecule has 0 aromatic rings. The van der Waals surface area contributed by atoms with Crippen LogP contribution in [0.5, 0.6) is 0 Å². The number of thiol groups is 1. The molecule has 3 aliphatic rings. The van der Waals surface area contributed by atoms with Crippen LogP contribution in [0, 0.1) is 10.8 Å². The summed E-state index contributed by atoms with van der Waals surface area (Å²) in [6.07, 6.45) is 8.86. The monoisotopic (exact) mass is 211 g/mol. The van der Waals surface area contributed by atoms with E-state index in [0.29, 0.717) is 5.41 Å². The van der Waals surface area contributed by atoms with Crippen molar-refractivity contribution in [2.75, 3.05) is 25.4 Å². The van der Waals surface area contributed by atoms with E-state index in [-0.39, 0.29) is 0 Å². The van der Waals surface area contributed by atoms with Gasteiger partial charge in [0.05, 0.1) is 0 Å². The van der Waals surface area contributed by atoms with Crippen molar-refractivity contribution >= 4 is 12.6 Å². The van der Waals surface area contributed by atoms with Crippen LogP contribution in [-0.4, -0.2) is 30.3 Å². The van der Waals surface area contributed by atoms with Gasteiger partial charge in [-0.15, -0.1) is 0 Å². The van der Waals surface area contributed by atoms with Crippen LogP contribution in [0.3, 0.4) is 0 Å². The summed E-state index contributed by atoms with van der Waals surface area (Å²) in [5, 5.41) is 0. The van der Waals surface area contributed by atoms with Gasteiger partial charge in [0, 0.05) is 13.1 Å². The highest BCUT2D eigenvalue weighted by atomic mass is 32.1. The first-order chi connectivity index (χ1) is 6.76. The van der Waals surface area contributed by atoms with Crippen molar-refractivity contribution in [2.24, 2.45) is 10.8 Å². The molecule has 0 N–H and O–H groups in total. The second kappa shape index (κ2) is 3.15. The van der Waals surface area contributed by atoms with Gasteiger partial charge in [0.25, 0.3) is 0 Å². The molecule has 0 bridgehead atoms. The maximum absolute atomic E-state index is 4.49. The standard InChI is InChI=1S/C12H21NS/c14-10-12(4-5-12)9-13-7-6-11(8-13)2-1-3-11/h14H,1-10H2. The normalized spacial score (nSPS) is 33.2. The van der Waals surface area contributed by atoms with Gasteiger partial charge in [-0.1, -0.05) is 6.42 Å². The van der Waals surface area contributed by atoms with Crippen LogP contribution in [0.1, 0.15) is 38.5 Å². The molecule has 2 saturated carbocycles. The minimum atomic E-state index is 0.637. The molecular weight excluding hydrogens is 190 g/mol. The zero-order valence-electron chi connectivity index (χ0n) is 8.97. The van der Waals surface area contributed by atoms with E-state index in [1.54, 1.807) is 0 Å². The molecule has 3 fully saturated rings. The van der Waals surface area contributed by atoms with Crippen molar-refractivity contribution < 1.29 is 0 Å². The van der Waals surface area contributed by atoms with Crippen molar-refractivity contribution in [1.82, 2.24) is 4.90 Å². The molecule has 0 aromatic carbocycles. The fourth-order valence-electron chi connectivity index (χ4n) is 3.26. The van der Waals surface area contributed by atoms with Gasteiger partial charge in [-0.2, -0.15) is 12.6 Å². The van der Waals surface area contributed by atoms with Crippen molar-refractivity contribution in [2.45, 2.75) is 38.5 Å². The van der Waals surface area contributed by atoms with Gasteiger partial charge >= 0.3 is 0 Å². The molecule has 0 unspecified atom stereocenters. The Morgan fingerprint density at radius 3 is 2.29 bits per heavy atom. The van der Waals surface area contributed by atoms with Gasteiger partial charge in [0.2, 0.25) is 0 Å². The van der Waals surface area contributed by atoms with Crippen LogP contribution >= 0.6 is 12.6 Å². The smallest absolute Gasteiger partial charge is 0.00460 e. The van der Waals surface area contributed by atoms with E-state index < -0.39 is 0 Å². The van der Waals surface area contributed by atoms with E-state index in [9.17, 15) is 0 Å². The number of likely N-dealkylation sites (tertiary alicyclic amines) is 1. The van der Waals surface area contributed by atoms with Gasteiger partial charge in [-0.05, 0) is 55.2 Å².